The van der Waals surface area contributed by atoms with E-state index < -0.39 is 11.0 Å². The third-order valence-electron chi connectivity index (χ3n) is 5.56. The van der Waals surface area contributed by atoms with Crippen LogP contribution in [0, 0.1) is 10.1 Å². The van der Waals surface area contributed by atoms with Crippen LogP contribution in [0.15, 0.2) is 24.3 Å². The van der Waals surface area contributed by atoms with E-state index in [0.29, 0.717) is 12.1 Å². The van der Waals surface area contributed by atoms with Crippen molar-refractivity contribution in [1.29, 1.82) is 0 Å². The molecule has 0 heterocycles. The highest BCUT2D eigenvalue weighted by molar-refractivity contribution is 5.81. The lowest BCUT2D eigenvalue weighted by molar-refractivity contribution is -0.385. The van der Waals surface area contributed by atoms with Crippen LogP contribution in [0.25, 0.3) is 0 Å². The number of benzene rings is 1. The summed E-state index contributed by atoms with van der Waals surface area (Å²) in [6, 6.07) is 5.61. The maximum Gasteiger partial charge on any atom is 0.273 e. The van der Waals surface area contributed by atoms with Gasteiger partial charge in [-0.2, -0.15) is 0 Å². The van der Waals surface area contributed by atoms with Crippen molar-refractivity contribution in [3.8, 4) is 0 Å². The van der Waals surface area contributed by atoms with Gasteiger partial charge >= 0.3 is 0 Å². The third-order valence-corrected chi connectivity index (χ3v) is 5.56. The molecule has 31 heavy (non-hydrogen) atoms. The molecular weight excluding hydrogens is 394 g/mol. The molecule has 1 aromatic rings. The van der Waals surface area contributed by atoms with Crippen LogP contribution >= 0.6 is 0 Å². The van der Waals surface area contributed by atoms with Gasteiger partial charge in [0.1, 0.15) is 6.04 Å². The molecule has 7 heteroatoms. The van der Waals surface area contributed by atoms with Crippen molar-refractivity contribution in [3.05, 3.63) is 39.9 Å². The molecule has 7 nitrogen and oxygen atoms in total. The summed E-state index contributed by atoms with van der Waals surface area (Å²) in [5.74, 6) is -0.274. The molecule has 1 atom stereocenters. The number of para-hydroxylation sites is 1. The summed E-state index contributed by atoms with van der Waals surface area (Å²) in [6.45, 7) is 2.62. The Bertz CT molecular complexity index is 625. The average Bonchev–Trinajstić information content (AvgIpc) is 2.77. The Labute approximate surface area is 187 Å². The van der Waals surface area contributed by atoms with Crippen LogP contribution in [-0.2, 0) is 11.3 Å². The van der Waals surface area contributed by atoms with Crippen LogP contribution in [0.4, 0.5) is 5.69 Å². The second-order valence-corrected chi connectivity index (χ2v) is 8.18. The fourth-order valence-corrected chi connectivity index (χ4v) is 3.61. The number of nitrogens with one attached hydrogen (secondary N) is 2. The van der Waals surface area contributed by atoms with E-state index in [4.69, 9.17) is 0 Å². The maximum absolute atomic E-state index is 12.2. The summed E-state index contributed by atoms with van der Waals surface area (Å²) in [5, 5.41) is 26.3. The van der Waals surface area contributed by atoms with E-state index in [1.807, 2.05) is 0 Å². The van der Waals surface area contributed by atoms with Crippen molar-refractivity contribution in [3.63, 3.8) is 0 Å². The molecule has 0 fully saturated rings. The van der Waals surface area contributed by atoms with Crippen molar-refractivity contribution in [2.24, 2.45) is 0 Å². The lowest BCUT2D eigenvalue weighted by Gasteiger charge is -2.16. The van der Waals surface area contributed by atoms with Gasteiger partial charge in [-0.1, -0.05) is 95.8 Å². The number of rotatable bonds is 19. The Morgan fingerprint density at radius 3 is 2.06 bits per heavy atom. The van der Waals surface area contributed by atoms with Gasteiger partial charge in [-0.15, -0.1) is 0 Å². The molecule has 0 aliphatic carbocycles. The van der Waals surface area contributed by atoms with Gasteiger partial charge in [-0.25, -0.2) is 0 Å². The summed E-state index contributed by atoms with van der Waals surface area (Å²) in [6.07, 6.45) is 15.2. The van der Waals surface area contributed by atoms with Gasteiger partial charge in [0, 0.05) is 24.7 Å². The third kappa shape index (κ3) is 12.5. The number of carbonyl (C=O) groups is 1. The minimum Gasteiger partial charge on any atom is -0.394 e. The van der Waals surface area contributed by atoms with E-state index in [0.717, 1.165) is 12.8 Å². The van der Waals surface area contributed by atoms with E-state index in [2.05, 4.69) is 17.6 Å². The molecule has 0 aromatic heterocycles. The monoisotopic (exact) mass is 435 g/mol. The summed E-state index contributed by atoms with van der Waals surface area (Å²) in [7, 11) is 0. The quantitative estimate of drug-likeness (QED) is 0.163. The molecule has 3 N–H and O–H groups in total. The average molecular weight is 436 g/mol. The van der Waals surface area contributed by atoms with Gasteiger partial charge in [0.2, 0.25) is 5.91 Å². The second kappa shape index (κ2) is 17.7. The smallest absolute Gasteiger partial charge is 0.273 e. The number of hydrogen-bond acceptors (Lipinski definition) is 5. The molecule has 0 aliphatic rings. The molecule has 0 radical (unpaired) electrons. The fourth-order valence-electron chi connectivity index (χ4n) is 3.61. The SMILES string of the molecule is CCCCCCCCCCCCCCNC(=O)[C@H](CO)NCc1ccccc1[N+](=O)[O-]. The number of amides is 1. The van der Waals surface area contributed by atoms with Gasteiger partial charge in [0.05, 0.1) is 11.5 Å². The molecule has 0 aliphatic heterocycles. The van der Waals surface area contributed by atoms with Crippen LogP contribution in [0.1, 0.15) is 89.5 Å². The van der Waals surface area contributed by atoms with Crippen LogP contribution in [0.5, 0.6) is 0 Å². The second-order valence-electron chi connectivity index (χ2n) is 8.18. The molecule has 1 rings (SSSR count). The normalized spacial score (nSPS) is 11.9. The van der Waals surface area contributed by atoms with Crippen LogP contribution < -0.4 is 10.6 Å². The standard InChI is InChI=1S/C24H41N3O4/c1-2-3-4-5-6-7-8-9-10-11-12-15-18-25-24(29)22(20-28)26-19-21-16-13-14-17-23(21)27(30)31/h13-14,16-17,22,26,28H,2-12,15,18-20H2,1H3,(H,25,29)/t22-/m0/s1. The van der Waals surface area contributed by atoms with Crippen molar-refractivity contribution in [2.45, 2.75) is 96.6 Å². The Balaban J connectivity index is 2.09. The topological polar surface area (TPSA) is 104 Å². The zero-order chi connectivity index (χ0) is 22.7. The number of carbonyl (C=O) groups excluding carboxylic acids is 1. The van der Waals surface area contributed by atoms with Gasteiger partial charge in [0.25, 0.3) is 5.69 Å². The van der Waals surface area contributed by atoms with Crippen LogP contribution in [0.3, 0.4) is 0 Å². The summed E-state index contributed by atoms with van der Waals surface area (Å²) in [4.78, 5) is 22.9. The molecule has 0 saturated carbocycles. The van der Waals surface area contributed by atoms with Crippen LogP contribution in [-0.4, -0.2) is 35.1 Å². The van der Waals surface area contributed by atoms with E-state index in [-0.39, 0.29) is 24.7 Å². The van der Waals surface area contributed by atoms with Crippen molar-refractivity contribution in [2.75, 3.05) is 13.2 Å². The molecule has 1 amide bonds. The molecule has 0 unspecified atom stereocenters. The highest BCUT2D eigenvalue weighted by Gasteiger charge is 2.19. The Morgan fingerprint density at radius 1 is 0.968 bits per heavy atom. The first kappa shape index (κ1) is 27.0. The van der Waals surface area contributed by atoms with Gasteiger partial charge in [-0.3, -0.25) is 20.2 Å². The minimum atomic E-state index is -0.780. The van der Waals surface area contributed by atoms with Gasteiger partial charge in [0.15, 0.2) is 0 Å². The molecule has 176 valence electrons. The molecule has 0 spiro atoms. The number of unbranched alkanes of at least 4 members (excludes halogenated alkanes) is 11. The Kier molecular flexibility index (Phi) is 15.4. The summed E-state index contributed by atoms with van der Waals surface area (Å²) < 4.78 is 0. The first-order chi connectivity index (χ1) is 15.1. The van der Waals surface area contributed by atoms with Crippen LogP contribution in [0.2, 0.25) is 0 Å². The zero-order valence-electron chi connectivity index (χ0n) is 19.1. The van der Waals surface area contributed by atoms with Crippen molar-refractivity contribution in [1.82, 2.24) is 10.6 Å². The lowest BCUT2D eigenvalue weighted by Crippen LogP contribution is -2.46. The molecule has 1 aromatic carbocycles. The zero-order valence-corrected chi connectivity index (χ0v) is 19.1. The lowest BCUT2D eigenvalue weighted by atomic mass is 10.1. The highest BCUT2D eigenvalue weighted by atomic mass is 16.6. The van der Waals surface area contributed by atoms with Crippen molar-refractivity contribution >= 4 is 11.6 Å². The van der Waals surface area contributed by atoms with Crippen molar-refractivity contribution < 1.29 is 14.8 Å². The Hall–Kier alpha value is -1.99. The van der Waals surface area contributed by atoms with E-state index >= 15 is 0 Å². The first-order valence-electron chi connectivity index (χ1n) is 11.9. The fraction of sp³-hybridized carbons (Fsp3) is 0.708. The number of aliphatic hydroxyl groups is 1. The first-order valence-corrected chi connectivity index (χ1v) is 11.9. The molecular formula is C24H41N3O4. The number of aliphatic hydroxyl groups excluding tert-OH is 1. The molecule has 0 saturated heterocycles. The number of nitrogens with zero attached hydrogens (tertiary/aromatic N) is 1. The predicted molar refractivity (Wildman–Crippen MR) is 125 cm³/mol. The Morgan fingerprint density at radius 2 is 1.52 bits per heavy atom. The highest BCUT2D eigenvalue weighted by Crippen LogP contribution is 2.17. The van der Waals surface area contributed by atoms with E-state index in [9.17, 15) is 20.0 Å². The maximum atomic E-state index is 12.2. The van der Waals surface area contributed by atoms with E-state index in [1.54, 1.807) is 18.2 Å². The van der Waals surface area contributed by atoms with E-state index in [1.165, 1.54) is 70.3 Å². The predicted octanol–water partition coefficient (Wildman–Crippen LogP) is 4.86. The number of nitro groups is 1. The molecule has 0 bridgehead atoms. The minimum absolute atomic E-state index is 0.00333. The van der Waals surface area contributed by atoms with Gasteiger partial charge in [-0.05, 0) is 6.42 Å². The van der Waals surface area contributed by atoms with Gasteiger partial charge < -0.3 is 10.4 Å². The summed E-state index contributed by atoms with van der Waals surface area (Å²) >= 11 is 0. The number of nitro benzene ring substituents is 1. The number of hydrogen-bond donors (Lipinski definition) is 3. The summed E-state index contributed by atoms with van der Waals surface area (Å²) in [5.41, 5.74) is 0.489. The largest absolute Gasteiger partial charge is 0.394 e.